The van der Waals surface area contributed by atoms with E-state index in [0.717, 1.165) is 0 Å². The molecule has 1 aliphatic rings. The van der Waals surface area contributed by atoms with Crippen LogP contribution in [0.25, 0.3) is 6.08 Å². The molecule has 1 heterocycles. The van der Waals surface area contributed by atoms with Gasteiger partial charge in [-0.1, -0.05) is 17.7 Å². The van der Waals surface area contributed by atoms with E-state index in [-0.39, 0.29) is 27.8 Å². The molecule has 0 fully saturated rings. The summed E-state index contributed by atoms with van der Waals surface area (Å²) in [5, 5.41) is 0.167. The van der Waals surface area contributed by atoms with E-state index < -0.39 is 17.7 Å². The number of benzene rings is 2. The molecule has 1 aliphatic heterocycles. The van der Waals surface area contributed by atoms with Crippen LogP contribution in [0.15, 0.2) is 42.2 Å². The molecule has 2 aromatic rings. The summed E-state index contributed by atoms with van der Waals surface area (Å²) in [7, 11) is 3.10. The lowest BCUT2D eigenvalue weighted by molar-refractivity contribution is 0.101. The number of carbonyl (C=O) groups excluding carboxylic acids is 2. The van der Waals surface area contributed by atoms with E-state index in [2.05, 4.69) is 0 Å². The van der Waals surface area contributed by atoms with Crippen LogP contribution in [0, 0.1) is 5.82 Å². The van der Waals surface area contributed by atoms with Gasteiger partial charge in [0.2, 0.25) is 5.78 Å². The number of hydrogen-bond donors (Lipinski definition) is 0. The number of hydrogen-bond acceptors (Lipinski definition) is 4. The Morgan fingerprint density at radius 1 is 1.28 bits per heavy atom. The topological polar surface area (TPSA) is 55.8 Å². The number of allylic oxidation sites excluding steroid dienone is 1. The minimum Gasteiger partial charge on any atom is -0.452 e. The molecule has 3 rings (SSSR count). The first kappa shape index (κ1) is 17.0. The largest absolute Gasteiger partial charge is 0.452 e. The van der Waals surface area contributed by atoms with Gasteiger partial charge in [-0.25, -0.2) is 9.18 Å². The second-order valence-corrected chi connectivity index (χ2v) is 5.90. The number of rotatable bonds is 2. The molecule has 5 nitrogen and oxygen atoms in total. The molecular weight excluding hydrogens is 349 g/mol. The van der Waals surface area contributed by atoms with Gasteiger partial charge in [-0.3, -0.25) is 4.79 Å². The van der Waals surface area contributed by atoms with Crippen LogP contribution in [0.3, 0.4) is 0 Å². The zero-order valence-electron chi connectivity index (χ0n) is 13.4. The van der Waals surface area contributed by atoms with Crippen LogP contribution in [0.4, 0.5) is 9.18 Å². The molecule has 128 valence electrons. The molecule has 0 radical (unpaired) electrons. The number of ether oxygens (including phenoxy) is 2. The molecule has 0 aromatic heterocycles. The van der Waals surface area contributed by atoms with Crippen molar-refractivity contribution in [3.63, 3.8) is 0 Å². The molecule has 25 heavy (non-hydrogen) atoms. The summed E-state index contributed by atoms with van der Waals surface area (Å²) < 4.78 is 24.5. The summed E-state index contributed by atoms with van der Waals surface area (Å²) in [5.41, 5.74) is 0.364. The van der Waals surface area contributed by atoms with Crippen molar-refractivity contribution < 1.29 is 23.5 Å². The molecule has 7 heteroatoms. The Morgan fingerprint density at radius 2 is 2.04 bits per heavy atom. The van der Waals surface area contributed by atoms with E-state index in [9.17, 15) is 14.0 Å². The maximum atomic E-state index is 13.9. The van der Waals surface area contributed by atoms with E-state index in [1.165, 1.54) is 47.4 Å². The summed E-state index contributed by atoms with van der Waals surface area (Å²) in [6, 6.07) is 8.63. The van der Waals surface area contributed by atoms with Gasteiger partial charge < -0.3 is 14.4 Å². The quantitative estimate of drug-likeness (QED) is 0.754. The summed E-state index contributed by atoms with van der Waals surface area (Å²) in [4.78, 5) is 25.2. The number of halogens is 2. The predicted molar refractivity (Wildman–Crippen MR) is 90.5 cm³/mol. The van der Waals surface area contributed by atoms with Gasteiger partial charge in [-0.05, 0) is 30.3 Å². The molecule has 0 bridgehead atoms. The van der Waals surface area contributed by atoms with E-state index in [1.54, 1.807) is 14.1 Å². The maximum Gasteiger partial charge on any atom is 0.414 e. The molecule has 1 amide bonds. The molecular formula is C18H13ClFNO4. The Bertz CT molecular complexity index is 888. The Kier molecular flexibility index (Phi) is 4.46. The number of amides is 1. The number of nitrogens with zero attached hydrogens (tertiary/aromatic N) is 1. The van der Waals surface area contributed by atoms with E-state index in [0.29, 0.717) is 5.56 Å². The Morgan fingerprint density at radius 3 is 2.72 bits per heavy atom. The van der Waals surface area contributed by atoms with Gasteiger partial charge in [0.15, 0.2) is 5.76 Å². The van der Waals surface area contributed by atoms with Crippen molar-refractivity contribution in [1.29, 1.82) is 0 Å². The van der Waals surface area contributed by atoms with Crippen molar-refractivity contribution >= 4 is 29.6 Å². The van der Waals surface area contributed by atoms with Crippen molar-refractivity contribution in [2.75, 3.05) is 14.1 Å². The number of ketones is 1. The van der Waals surface area contributed by atoms with Crippen molar-refractivity contribution in [3.05, 3.63) is 64.1 Å². The molecule has 0 N–H and O–H groups in total. The summed E-state index contributed by atoms with van der Waals surface area (Å²) >= 11 is 5.97. The second kappa shape index (κ2) is 6.57. The minimum absolute atomic E-state index is 0.0573. The SMILES string of the molecule is CN(C)C(=O)Oc1ccc2c(c1)O/C(=C\c1c(F)cccc1Cl)C2=O. The van der Waals surface area contributed by atoms with Crippen molar-refractivity contribution in [2.45, 2.75) is 0 Å². The second-order valence-electron chi connectivity index (χ2n) is 5.50. The van der Waals surface area contributed by atoms with Crippen LogP contribution in [-0.4, -0.2) is 30.9 Å². The highest BCUT2D eigenvalue weighted by atomic mass is 35.5. The lowest BCUT2D eigenvalue weighted by Crippen LogP contribution is -2.25. The van der Waals surface area contributed by atoms with Gasteiger partial charge in [-0.2, -0.15) is 0 Å². The zero-order chi connectivity index (χ0) is 18.1. The molecule has 0 aliphatic carbocycles. The highest BCUT2D eigenvalue weighted by Gasteiger charge is 2.28. The van der Waals surface area contributed by atoms with Crippen molar-refractivity contribution in [2.24, 2.45) is 0 Å². The van der Waals surface area contributed by atoms with Crippen LogP contribution in [-0.2, 0) is 0 Å². The van der Waals surface area contributed by atoms with Gasteiger partial charge in [0, 0.05) is 25.7 Å². The van der Waals surface area contributed by atoms with Gasteiger partial charge in [0.25, 0.3) is 0 Å². The van der Waals surface area contributed by atoms with Gasteiger partial charge in [-0.15, -0.1) is 0 Å². The van der Waals surface area contributed by atoms with Gasteiger partial charge in [0.05, 0.1) is 10.6 Å². The average Bonchev–Trinajstić information content (AvgIpc) is 2.86. The van der Waals surface area contributed by atoms with Crippen LogP contribution in [0.2, 0.25) is 5.02 Å². The van der Waals surface area contributed by atoms with E-state index in [1.807, 2.05) is 0 Å². The van der Waals surface area contributed by atoms with Crippen LogP contribution < -0.4 is 9.47 Å². The Labute approximate surface area is 148 Å². The average molecular weight is 362 g/mol. The third kappa shape index (κ3) is 3.34. The summed E-state index contributed by atoms with van der Waals surface area (Å²) in [6.45, 7) is 0. The highest BCUT2D eigenvalue weighted by Crippen LogP contribution is 2.35. The number of Topliss-reactive ketones (excluding diaryl/α,β-unsaturated/α-hetero) is 1. The smallest absolute Gasteiger partial charge is 0.414 e. The Balaban J connectivity index is 1.91. The first-order chi connectivity index (χ1) is 11.9. The van der Waals surface area contributed by atoms with Crippen molar-refractivity contribution in [1.82, 2.24) is 4.90 Å². The van der Waals surface area contributed by atoms with Crippen LogP contribution in [0.1, 0.15) is 15.9 Å². The fourth-order valence-electron chi connectivity index (χ4n) is 2.20. The molecule has 0 saturated heterocycles. The number of fused-ring (bicyclic) bond motifs is 1. The molecule has 0 spiro atoms. The fourth-order valence-corrected chi connectivity index (χ4v) is 2.42. The summed E-state index contributed by atoms with van der Waals surface area (Å²) in [5.74, 6) is -0.561. The normalized spacial score (nSPS) is 14.2. The molecule has 0 atom stereocenters. The lowest BCUT2D eigenvalue weighted by atomic mass is 10.1. The van der Waals surface area contributed by atoms with Gasteiger partial charge in [0.1, 0.15) is 17.3 Å². The lowest BCUT2D eigenvalue weighted by Gasteiger charge is -2.10. The first-order valence-electron chi connectivity index (χ1n) is 7.28. The Hall–Kier alpha value is -2.86. The third-order valence-corrected chi connectivity index (χ3v) is 3.82. The number of carbonyl (C=O) groups is 2. The summed E-state index contributed by atoms with van der Waals surface area (Å²) in [6.07, 6.45) is 0.698. The minimum atomic E-state index is -0.562. The van der Waals surface area contributed by atoms with E-state index >= 15 is 0 Å². The monoisotopic (exact) mass is 361 g/mol. The highest BCUT2D eigenvalue weighted by molar-refractivity contribution is 6.32. The molecule has 0 saturated carbocycles. The zero-order valence-corrected chi connectivity index (χ0v) is 14.1. The molecule has 0 unspecified atom stereocenters. The first-order valence-corrected chi connectivity index (χ1v) is 7.66. The standard InChI is InChI=1S/C18H13ClFNO4/c1-21(2)18(23)24-10-6-7-11-15(8-10)25-16(17(11)22)9-12-13(19)4-3-5-14(12)20/h3-9H,1-2H3/b16-9-. The molecule has 2 aromatic carbocycles. The predicted octanol–water partition coefficient (Wildman–Crippen LogP) is 4.16. The van der Waals surface area contributed by atoms with Crippen LogP contribution >= 0.6 is 11.6 Å². The fraction of sp³-hybridized carbons (Fsp3) is 0.111. The maximum absolute atomic E-state index is 13.9. The van der Waals surface area contributed by atoms with Gasteiger partial charge >= 0.3 is 6.09 Å². The van der Waals surface area contributed by atoms with Crippen LogP contribution in [0.5, 0.6) is 11.5 Å². The van der Waals surface area contributed by atoms with Crippen molar-refractivity contribution in [3.8, 4) is 11.5 Å². The third-order valence-electron chi connectivity index (χ3n) is 3.49. The van der Waals surface area contributed by atoms with E-state index in [4.69, 9.17) is 21.1 Å².